The fourth-order valence-corrected chi connectivity index (χ4v) is 3.92. The first-order valence-corrected chi connectivity index (χ1v) is 9.73. The van der Waals surface area contributed by atoms with E-state index in [1.807, 2.05) is 30.3 Å². The van der Waals surface area contributed by atoms with Crippen LogP contribution < -0.4 is 9.46 Å². The number of sulfonamides is 1. The number of nitrogens with zero attached hydrogens (tertiary/aromatic N) is 1. The Balaban J connectivity index is 1.98. The summed E-state index contributed by atoms with van der Waals surface area (Å²) < 4.78 is 33.7. The number of nitrogens with one attached hydrogen (secondary N) is 1. The Morgan fingerprint density at radius 2 is 1.48 bits per heavy atom. The molecular weight excluding hydrogens is 360 g/mol. The minimum absolute atomic E-state index is 0.151. The number of hydrogen-bond acceptors (Lipinski definition) is 4. The van der Waals surface area contributed by atoms with Crippen LogP contribution in [0.25, 0.3) is 0 Å². The number of ether oxygens (including phenoxy) is 1. The topological polar surface area (TPSA) is 79.2 Å². The van der Waals surface area contributed by atoms with Crippen LogP contribution in [0.15, 0.2) is 83.8 Å². The van der Waals surface area contributed by atoms with Gasteiger partial charge in [-0.3, -0.25) is 0 Å². The third-order valence-electron chi connectivity index (χ3n) is 4.15. The van der Waals surface area contributed by atoms with Crippen molar-refractivity contribution in [1.29, 1.82) is 5.26 Å². The maximum absolute atomic E-state index is 12.9. The molecule has 0 bridgehead atoms. The fraction of sp³-hybridized carbons (Fsp3) is 0.0952. The summed E-state index contributed by atoms with van der Waals surface area (Å²) in [5.74, 6) is 0.584. The van der Waals surface area contributed by atoms with Gasteiger partial charge >= 0.3 is 0 Å². The fourth-order valence-electron chi connectivity index (χ4n) is 2.70. The van der Waals surface area contributed by atoms with Crippen molar-refractivity contribution in [3.05, 3.63) is 95.6 Å². The van der Waals surface area contributed by atoms with Crippen LogP contribution in [0.2, 0.25) is 0 Å². The van der Waals surface area contributed by atoms with Gasteiger partial charge in [0.05, 0.1) is 29.7 Å². The molecule has 1 unspecified atom stereocenters. The van der Waals surface area contributed by atoms with Crippen molar-refractivity contribution in [3.8, 4) is 11.8 Å². The SMILES string of the molecule is COc1ccc(S(=O)(=O)NC(c2ccccc2)c2ccc(C#N)cc2)cc1. The van der Waals surface area contributed by atoms with Gasteiger partial charge in [-0.15, -0.1) is 0 Å². The summed E-state index contributed by atoms with van der Waals surface area (Å²) >= 11 is 0. The van der Waals surface area contributed by atoms with Crippen LogP contribution in [0.1, 0.15) is 22.7 Å². The van der Waals surface area contributed by atoms with E-state index in [0.29, 0.717) is 11.3 Å². The number of rotatable bonds is 6. The summed E-state index contributed by atoms with van der Waals surface area (Å²) in [6.45, 7) is 0. The molecular formula is C21H18N2O3S. The van der Waals surface area contributed by atoms with E-state index in [0.717, 1.165) is 11.1 Å². The molecule has 0 saturated heterocycles. The lowest BCUT2D eigenvalue weighted by Crippen LogP contribution is -2.29. The molecule has 1 atom stereocenters. The van der Waals surface area contributed by atoms with Gasteiger partial charge in [-0.2, -0.15) is 9.98 Å². The molecule has 0 aromatic heterocycles. The van der Waals surface area contributed by atoms with Crippen molar-refractivity contribution in [3.63, 3.8) is 0 Å². The molecule has 3 rings (SSSR count). The molecule has 136 valence electrons. The summed E-state index contributed by atoms with van der Waals surface area (Å²) in [4.78, 5) is 0.151. The highest BCUT2D eigenvalue weighted by atomic mass is 32.2. The van der Waals surface area contributed by atoms with Crippen LogP contribution in [0.3, 0.4) is 0 Å². The quantitative estimate of drug-likeness (QED) is 0.710. The smallest absolute Gasteiger partial charge is 0.241 e. The first kappa shape index (κ1) is 18.6. The van der Waals surface area contributed by atoms with E-state index in [4.69, 9.17) is 10.00 Å². The molecule has 0 aliphatic heterocycles. The molecule has 3 aromatic carbocycles. The Bertz CT molecular complexity index is 1040. The van der Waals surface area contributed by atoms with Crippen molar-refractivity contribution in [1.82, 2.24) is 4.72 Å². The Kier molecular flexibility index (Phi) is 5.55. The second-order valence-electron chi connectivity index (χ2n) is 5.87. The first-order chi connectivity index (χ1) is 13.0. The van der Waals surface area contributed by atoms with Crippen LogP contribution in [-0.2, 0) is 10.0 Å². The normalized spacial score (nSPS) is 12.1. The van der Waals surface area contributed by atoms with Gasteiger partial charge in [0.1, 0.15) is 5.75 Å². The molecule has 27 heavy (non-hydrogen) atoms. The number of nitriles is 1. The number of hydrogen-bond donors (Lipinski definition) is 1. The van der Waals surface area contributed by atoms with Gasteiger partial charge in [0.25, 0.3) is 0 Å². The second-order valence-corrected chi connectivity index (χ2v) is 7.59. The van der Waals surface area contributed by atoms with E-state index in [1.54, 1.807) is 36.4 Å². The van der Waals surface area contributed by atoms with Gasteiger partial charge < -0.3 is 4.74 Å². The predicted octanol–water partition coefficient (Wildman–Crippen LogP) is 3.63. The maximum atomic E-state index is 12.9. The predicted molar refractivity (Wildman–Crippen MR) is 103 cm³/mol. The molecule has 3 aromatic rings. The maximum Gasteiger partial charge on any atom is 0.241 e. The van der Waals surface area contributed by atoms with Gasteiger partial charge in [0.2, 0.25) is 10.0 Å². The van der Waals surface area contributed by atoms with Crippen molar-refractivity contribution >= 4 is 10.0 Å². The van der Waals surface area contributed by atoms with Crippen LogP contribution in [0, 0.1) is 11.3 Å². The second kappa shape index (κ2) is 8.04. The molecule has 1 N–H and O–H groups in total. The van der Waals surface area contributed by atoms with E-state index < -0.39 is 16.1 Å². The molecule has 0 heterocycles. The Morgan fingerprint density at radius 1 is 0.889 bits per heavy atom. The summed E-state index contributed by atoms with van der Waals surface area (Å²) in [6.07, 6.45) is 0. The third kappa shape index (κ3) is 4.34. The summed E-state index contributed by atoms with van der Waals surface area (Å²) in [5, 5.41) is 8.99. The molecule has 0 fully saturated rings. The standard InChI is InChI=1S/C21H18N2O3S/c1-26-19-11-13-20(14-12-19)27(24,25)23-21(17-5-3-2-4-6-17)18-9-7-16(15-22)8-10-18/h2-14,21,23H,1H3. The van der Waals surface area contributed by atoms with Gasteiger partial charge in [0, 0.05) is 0 Å². The Hall–Kier alpha value is -3.14. The number of methoxy groups -OCH3 is 1. The third-order valence-corrected chi connectivity index (χ3v) is 5.59. The van der Waals surface area contributed by atoms with Crippen LogP contribution in [0.5, 0.6) is 5.75 Å². The average Bonchev–Trinajstić information content (AvgIpc) is 2.73. The molecule has 5 nitrogen and oxygen atoms in total. The lowest BCUT2D eigenvalue weighted by Gasteiger charge is -2.20. The zero-order valence-corrected chi connectivity index (χ0v) is 15.5. The van der Waals surface area contributed by atoms with Gasteiger partial charge in [-0.25, -0.2) is 8.42 Å². The molecule has 0 radical (unpaired) electrons. The van der Waals surface area contributed by atoms with E-state index in [2.05, 4.69) is 10.8 Å². The van der Waals surface area contributed by atoms with Crippen LogP contribution >= 0.6 is 0 Å². The average molecular weight is 378 g/mol. The monoisotopic (exact) mass is 378 g/mol. The summed E-state index contributed by atoms with van der Waals surface area (Å²) in [7, 11) is -2.24. The zero-order valence-electron chi connectivity index (χ0n) is 14.7. The van der Waals surface area contributed by atoms with Crippen molar-refractivity contribution in [2.75, 3.05) is 7.11 Å². The lowest BCUT2D eigenvalue weighted by atomic mass is 9.99. The van der Waals surface area contributed by atoms with Gasteiger partial charge in [0.15, 0.2) is 0 Å². The highest BCUT2D eigenvalue weighted by Crippen LogP contribution is 2.25. The minimum atomic E-state index is -3.77. The lowest BCUT2D eigenvalue weighted by molar-refractivity contribution is 0.414. The molecule has 0 spiro atoms. The van der Waals surface area contributed by atoms with Crippen molar-refractivity contribution < 1.29 is 13.2 Å². The van der Waals surface area contributed by atoms with E-state index in [9.17, 15) is 8.42 Å². The summed E-state index contributed by atoms with van der Waals surface area (Å²) in [5.41, 5.74) is 2.07. The molecule has 6 heteroatoms. The van der Waals surface area contributed by atoms with Crippen molar-refractivity contribution in [2.45, 2.75) is 10.9 Å². The van der Waals surface area contributed by atoms with Crippen LogP contribution in [-0.4, -0.2) is 15.5 Å². The van der Waals surface area contributed by atoms with E-state index >= 15 is 0 Å². The van der Waals surface area contributed by atoms with E-state index in [-0.39, 0.29) is 4.90 Å². The highest BCUT2D eigenvalue weighted by Gasteiger charge is 2.23. The van der Waals surface area contributed by atoms with Gasteiger partial charge in [-0.1, -0.05) is 42.5 Å². The minimum Gasteiger partial charge on any atom is -0.497 e. The summed E-state index contributed by atoms with van der Waals surface area (Å²) in [6, 6.07) is 23.9. The van der Waals surface area contributed by atoms with Gasteiger partial charge in [-0.05, 0) is 47.5 Å². The largest absolute Gasteiger partial charge is 0.497 e. The molecule has 0 amide bonds. The highest BCUT2D eigenvalue weighted by molar-refractivity contribution is 7.89. The Labute approximate surface area is 158 Å². The number of benzene rings is 3. The Morgan fingerprint density at radius 3 is 2.04 bits per heavy atom. The molecule has 0 aliphatic rings. The molecule has 0 aliphatic carbocycles. The molecule has 0 saturated carbocycles. The van der Waals surface area contributed by atoms with Crippen LogP contribution in [0.4, 0.5) is 0 Å². The first-order valence-electron chi connectivity index (χ1n) is 8.25. The van der Waals surface area contributed by atoms with Crippen molar-refractivity contribution in [2.24, 2.45) is 0 Å². The zero-order chi connectivity index (χ0) is 19.3. The van der Waals surface area contributed by atoms with E-state index in [1.165, 1.54) is 19.2 Å².